The minimum absolute atomic E-state index is 0.0718. The number of likely N-dealkylation sites (N-methyl/N-ethyl adjacent to an activating group) is 1. The third-order valence-electron chi connectivity index (χ3n) is 4.89. The highest BCUT2D eigenvalue weighted by molar-refractivity contribution is 9.10. The van der Waals surface area contributed by atoms with E-state index >= 15 is 0 Å². The number of carbonyl (C=O) groups is 1. The molecule has 5 rings (SSSR count). The highest BCUT2D eigenvalue weighted by Gasteiger charge is 2.35. The first kappa shape index (κ1) is 15.7. The Morgan fingerprint density at radius 2 is 1.77 bits per heavy atom. The van der Waals surface area contributed by atoms with Crippen LogP contribution >= 0.6 is 15.9 Å². The lowest BCUT2D eigenvalue weighted by molar-refractivity contribution is -0.496. The van der Waals surface area contributed by atoms with Crippen LogP contribution in [0, 0.1) is 0 Å². The van der Waals surface area contributed by atoms with Crippen LogP contribution in [0.5, 0.6) is 23.0 Å². The first-order valence-electron chi connectivity index (χ1n) is 8.27. The molecule has 2 aromatic rings. The first-order chi connectivity index (χ1) is 12.6. The Hall–Kier alpha value is -2.54. The zero-order valence-corrected chi connectivity index (χ0v) is 15.6. The Kier molecular flexibility index (Phi) is 3.46. The predicted octanol–water partition coefficient (Wildman–Crippen LogP) is 2.78. The van der Waals surface area contributed by atoms with E-state index in [9.17, 15) is 4.79 Å². The molecule has 0 radical (unpaired) electrons. The molecule has 0 atom stereocenters. The van der Waals surface area contributed by atoms with Crippen molar-refractivity contribution in [3.8, 4) is 23.0 Å². The fraction of sp³-hybridized carbons (Fsp3) is 0.263. The van der Waals surface area contributed by atoms with Gasteiger partial charge in [0.25, 0.3) is 11.5 Å². The average Bonchev–Trinajstić information content (AvgIpc) is 3.28. The standard InChI is InChI=1S/C19H15BrNO5/c1-21-5-4-10-6-14-15(25-8-24-14)7-12(10)17(21)18(22)11-2-3-13-19(16(11)20)26-9-23-13/h2-3,6-7H,4-5,8-9H2,1H3/q+1. The van der Waals surface area contributed by atoms with Gasteiger partial charge in [-0.2, -0.15) is 0 Å². The summed E-state index contributed by atoms with van der Waals surface area (Å²) in [5.74, 6) is 2.55. The van der Waals surface area contributed by atoms with Gasteiger partial charge in [0.05, 0.1) is 10.0 Å². The average molecular weight is 417 g/mol. The molecule has 6 nitrogen and oxygen atoms in total. The van der Waals surface area contributed by atoms with Gasteiger partial charge in [-0.05, 0) is 45.8 Å². The molecule has 0 N–H and O–H groups in total. The quantitative estimate of drug-likeness (QED) is 0.556. The smallest absolute Gasteiger partial charge is 0.258 e. The molecule has 0 fully saturated rings. The Bertz CT molecular complexity index is 998. The van der Waals surface area contributed by atoms with E-state index in [1.54, 1.807) is 12.1 Å². The maximum atomic E-state index is 13.4. The summed E-state index contributed by atoms with van der Waals surface area (Å²) in [4.78, 5) is 13.4. The van der Waals surface area contributed by atoms with E-state index in [-0.39, 0.29) is 19.4 Å². The lowest BCUT2D eigenvalue weighted by atomic mass is 9.91. The SMILES string of the molecule is C[N+]1=C(C(=O)c2ccc3c(c2Br)OCO3)c2cc3c(cc2CC1)OCO3. The summed E-state index contributed by atoms with van der Waals surface area (Å²) in [6.07, 6.45) is 0.849. The zero-order chi connectivity index (χ0) is 17.8. The van der Waals surface area contributed by atoms with E-state index in [0.717, 1.165) is 29.8 Å². The predicted molar refractivity (Wildman–Crippen MR) is 96.0 cm³/mol. The number of rotatable bonds is 2. The fourth-order valence-electron chi connectivity index (χ4n) is 3.55. The number of Topliss-reactive ketones (excluding diaryl/α,β-unsaturated/α-hetero) is 1. The molecular weight excluding hydrogens is 402 g/mol. The van der Waals surface area contributed by atoms with Crippen LogP contribution in [0.1, 0.15) is 21.5 Å². The summed E-state index contributed by atoms with van der Waals surface area (Å²) in [6, 6.07) is 7.42. The van der Waals surface area contributed by atoms with E-state index in [4.69, 9.17) is 18.9 Å². The molecule has 0 aliphatic carbocycles. The van der Waals surface area contributed by atoms with Gasteiger partial charge >= 0.3 is 0 Å². The van der Waals surface area contributed by atoms with Gasteiger partial charge < -0.3 is 18.9 Å². The third kappa shape index (κ3) is 2.23. The van der Waals surface area contributed by atoms with E-state index in [2.05, 4.69) is 15.9 Å². The topological polar surface area (TPSA) is 57.0 Å². The normalized spacial score (nSPS) is 16.7. The van der Waals surface area contributed by atoms with Crippen LogP contribution in [0.15, 0.2) is 28.7 Å². The van der Waals surface area contributed by atoms with Gasteiger partial charge in [0, 0.05) is 12.0 Å². The maximum Gasteiger partial charge on any atom is 0.258 e. The summed E-state index contributed by atoms with van der Waals surface area (Å²) in [6.45, 7) is 1.13. The van der Waals surface area contributed by atoms with Crippen molar-refractivity contribution in [1.29, 1.82) is 0 Å². The largest absolute Gasteiger partial charge is 0.454 e. The van der Waals surface area contributed by atoms with Crippen molar-refractivity contribution in [2.24, 2.45) is 0 Å². The highest BCUT2D eigenvalue weighted by Crippen LogP contribution is 2.42. The number of benzene rings is 2. The van der Waals surface area contributed by atoms with E-state index in [1.165, 1.54) is 0 Å². The van der Waals surface area contributed by atoms with Crippen molar-refractivity contribution in [3.63, 3.8) is 0 Å². The van der Waals surface area contributed by atoms with E-state index in [0.29, 0.717) is 33.0 Å². The molecule has 132 valence electrons. The molecule has 0 aromatic heterocycles. The minimum Gasteiger partial charge on any atom is -0.454 e. The van der Waals surface area contributed by atoms with Crippen LogP contribution in [0.25, 0.3) is 0 Å². The number of hydrogen-bond donors (Lipinski definition) is 0. The number of hydrogen-bond acceptors (Lipinski definition) is 5. The second kappa shape index (κ2) is 5.74. The van der Waals surface area contributed by atoms with Gasteiger partial charge in [0.15, 0.2) is 23.0 Å². The van der Waals surface area contributed by atoms with Crippen molar-refractivity contribution in [1.82, 2.24) is 0 Å². The van der Waals surface area contributed by atoms with E-state index < -0.39 is 0 Å². The Morgan fingerprint density at radius 1 is 1.04 bits per heavy atom. The zero-order valence-electron chi connectivity index (χ0n) is 14.0. The number of ketones is 1. The molecule has 7 heteroatoms. The molecule has 3 aliphatic rings. The fourth-order valence-corrected chi connectivity index (χ4v) is 4.18. The van der Waals surface area contributed by atoms with Gasteiger partial charge in [-0.25, -0.2) is 4.58 Å². The lowest BCUT2D eigenvalue weighted by Gasteiger charge is -2.17. The Morgan fingerprint density at radius 3 is 2.62 bits per heavy atom. The number of halogens is 1. The highest BCUT2D eigenvalue weighted by atomic mass is 79.9. The van der Waals surface area contributed by atoms with Crippen LogP contribution in [0.2, 0.25) is 0 Å². The molecule has 0 bridgehead atoms. The molecule has 26 heavy (non-hydrogen) atoms. The van der Waals surface area contributed by atoms with Crippen LogP contribution in [0.4, 0.5) is 0 Å². The van der Waals surface area contributed by atoms with Crippen molar-refractivity contribution >= 4 is 27.4 Å². The summed E-state index contributed by atoms with van der Waals surface area (Å²) in [5, 5.41) is 0. The van der Waals surface area contributed by atoms with Crippen molar-refractivity contribution in [3.05, 3.63) is 45.4 Å². The van der Waals surface area contributed by atoms with Crippen LogP contribution in [-0.4, -0.2) is 43.2 Å². The summed E-state index contributed by atoms with van der Waals surface area (Å²) >= 11 is 3.51. The van der Waals surface area contributed by atoms with Gasteiger partial charge in [0.2, 0.25) is 13.6 Å². The summed E-state index contributed by atoms with van der Waals surface area (Å²) in [5.41, 5.74) is 3.16. The molecule has 0 saturated heterocycles. The van der Waals surface area contributed by atoms with Gasteiger partial charge in [0.1, 0.15) is 13.6 Å². The van der Waals surface area contributed by atoms with Gasteiger partial charge in [-0.1, -0.05) is 0 Å². The minimum atomic E-state index is -0.0718. The lowest BCUT2D eigenvalue weighted by Crippen LogP contribution is -2.33. The molecule has 0 amide bonds. The molecular formula is C19H15BrNO5+. The molecule has 3 heterocycles. The number of carbonyl (C=O) groups excluding carboxylic acids is 1. The number of ether oxygens (including phenoxy) is 4. The van der Waals surface area contributed by atoms with Gasteiger partial charge in [-0.3, -0.25) is 4.79 Å². The second-order valence-electron chi connectivity index (χ2n) is 6.37. The first-order valence-corrected chi connectivity index (χ1v) is 9.06. The number of fused-ring (bicyclic) bond motifs is 3. The van der Waals surface area contributed by atoms with Crippen LogP contribution in [0.3, 0.4) is 0 Å². The van der Waals surface area contributed by atoms with Crippen molar-refractivity contribution in [2.45, 2.75) is 6.42 Å². The Labute approximate surface area is 158 Å². The monoisotopic (exact) mass is 416 g/mol. The molecule has 2 aromatic carbocycles. The number of nitrogens with zero attached hydrogens (tertiary/aromatic N) is 1. The van der Waals surface area contributed by atoms with Crippen LogP contribution in [-0.2, 0) is 6.42 Å². The van der Waals surface area contributed by atoms with Gasteiger partial charge in [-0.15, -0.1) is 0 Å². The summed E-state index contributed by atoms with van der Waals surface area (Å²) < 4.78 is 24.4. The third-order valence-corrected chi connectivity index (χ3v) is 5.68. The van der Waals surface area contributed by atoms with Crippen molar-refractivity contribution in [2.75, 3.05) is 27.2 Å². The molecule has 3 aliphatic heterocycles. The van der Waals surface area contributed by atoms with Crippen LogP contribution < -0.4 is 18.9 Å². The maximum absolute atomic E-state index is 13.4. The molecule has 0 saturated carbocycles. The van der Waals surface area contributed by atoms with E-state index in [1.807, 2.05) is 23.8 Å². The molecule has 0 unspecified atom stereocenters. The Balaban J connectivity index is 1.63. The second-order valence-corrected chi connectivity index (χ2v) is 7.17. The summed E-state index contributed by atoms with van der Waals surface area (Å²) in [7, 11) is 1.93. The molecule has 0 spiro atoms. The van der Waals surface area contributed by atoms with Crippen molar-refractivity contribution < 1.29 is 28.3 Å².